The summed E-state index contributed by atoms with van der Waals surface area (Å²) in [5.74, 6) is 0.0866. The topological polar surface area (TPSA) is 20.3 Å². The van der Waals surface area contributed by atoms with Crippen molar-refractivity contribution < 1.29 is 4.79 Å². The predicted octanol–water partition coefficient (Wildman–Crippen LogP) is 4.00. The summed E-state index contributed by atoms with van der Waals surface area (Å²) in [6, 6.07) is 5.31. The van der Waals surface area contributed by atoms with Gasteiger partial charge in [0.2, 0.25) is 5.91 Å². The Hall–Kier alpha value is -0.730. The van der Waals surface area contributed by atoms with Crippen molar-refractivity contribution in [3.63, 3.8) is 0 Å². The zero-order valence-electron chi connectivity index (χ0n) is 10.6. The molecule has 0 N–H and O–H groups in total. The summed E-state index contributed by atoms with van der Waals surface area (Å²) in [5, 5.41) is 1.19. The standard InChI is InChI=1S/C13H17Cl2NO/c1-13(2,3)12(17)16(4)8-9-5-6-10(14)7-11(9)15/h5-7H,8H2,1-4H3. The molecule has 0 aliphatic heterocycles. The van der Waals surface area contributed by atoms with E-state index in [4.69, 9.17) is 23.2 Å². The number of carbonyl (C=O) groups is 1. The molecule has 0 unspecified atom stereocenters. The van der Waals surface area contributed by atoms with Gasteiger partial charge in [-0.05, 0) is 17.7 Å². The molecule has 0 spiro atoms. The lowest BCUT2D eigenvalue weighted by molar-refractivity contribution is -0.138. The van der Waals surface area contributed by atoms with Crippen LogP contribution in [0.15, 0.2) is 18.2 Å². The number of carbonyl (C=O) groups excluding carboxylic acids is 1. The maximum absolute atomic E-state index is 12.0. The molecule has 1 aromatic carbocycles. The van der Waals surface area contributed by atoms with Gasteiger partial charge in [0.25, 0.3) is 0 Å². The highest BCUT2D eigenvalue weighted by atomic mass is 35.5. The van der Waals surface area contributed by atoms with Crippen molar-refractivity contribution in [1.29, 1.82) is 0 Å². The molecule has 4 heteroatoms. The summed E-state index contributed by atoms with van der Waals surface area (Å²) in [7, 11) is 1.78. The molecule has 0 saturated heterocycles. The average molecular weight is 274 g/mol. The number of hydrogen-bond donors (Lipinski definition) is 0. The van der Waals surface area contributed by atoms with Gasteiger partial charge < -0.3 is 4.90 Å². The molecule has 0 aliphatic rings. The van der Waals surface area contributed by atoms with Crippen LogP contribution in [0.4, 0.5) is 0 Å². The van der Waals surface area contributed by atoms with Crippen LogP contribution < -0.4 is 0 Å². The van der Waals surface area contributed by atoms with E-state index in [1.807, 2.05) is 26.8 Å². The van der Waals surface area contributed by atoms with Crippen LogP contribution in [0.2, 0.25) is 10.0 Å². The van der Waals surface area contributed by atoms with Gasteiger partial charge in [-0.2, -0.15) is 0 Å². The van der Waals surface area contributed by atoms with Crippen molar-refractivity contribution in [2.45, 2.75) is 27.3 Å². The molecule has 0 aliphatic carbocycles. The fraction of sp³-hybridized carbons (Fsp3) is 0.462. The highest BCUT2D eigenvalue weighted by Crippen LogP contribution is 2.24. The zero-order valence-corrected chi connectivity index (χ0v) is 12.1. The molecule has 0 heterocycles. The first kappa shape index (κ1) is 14.3. The van der Waals surface area contributed by atoms with Gasteiger partial charge in [0.15, 0.2) is 0 Å². The molecular formula is C13H17Cl2NO. The Labute approximate surface area is 113 Å². The summed E-state index contributed by atoms with van der Waals surface area (Å²) in [6.07, 6.45) is 0. The van der Waals surface area contributed by atoms with E-state index < -0.39 is 0 Å². The lowest BCUT2D eigenvalue weighted by Crippen LogP contribution is -2.36. The fourth-order valence-electron chi connectivity index (χ4n) is 1.55. The Morgan fingerprint density at radius 3 is 2.35 bits per heavy atom. The second-order valence-corrected chi connectivity index (χ2v) is 5.99. The zero-order chi connectivity index (χ0) is 13.2. The quantitative estimate of drug-likeness (QED) is 0.798. The van der Waals surface area contributed by atoms with E-state index in [9.17, 15) is 4.79 Å². The predicted molar refractivity (Wildman–Crippen MR) is 72.4 cm³/mol. The van der Waals surface area contributed by atoms with Gasteiger partial charge in [-0.3, -0.25) is 4.79 Å². The average Bonchev–Trinajstić information content (AvgIpc) is 2.19. The van der Waals surface area contributed by atoms with E-state index in [0.29, 0.717) is 16.6 Å². The largest absolute Gasteiger partial charge is 0.341 e. The first-order valence-corrected chi connectivity index (χ1v) is 6.17. The summed E-state index contributed by atoms with van der Waals surface area (Å²) in [4.78, 5) is 13.7. The van der Waals surface area contributed by atoms with Crippen molar-refractivity contribution >= 4 is 29.1 Å². The molecule has 0 saturated carbocycles. The van der Waals surface area contributed by atoms with E-state index in [-0.39, 0.29) is 11.3 Å². The van der Waals surface area contributed by atoms with Gasteiger partial charge in [0.1, 0.15) is 0 Å². The van der Waals surface area contributed by atoms with Gasteiger partial charge >= 0.3 is 0 Å². The van der Waals surface area contributed by atoms with E-state index in [0.717, 1.165) is 5.56 Å². The minimum absolute atomic E-state index is 0.0866. The Balaban J connectivity index is 2.81. The van der Waals surface area contributed by atoms with Crippen molar-refractivity contribution in [3.05, 3.63) is 33.8 Å². The number of rotatable bonds is 2. The summed E-state index contributed by atoms with van der Waals surface area (Å²) >= 11 is 11.9. The summed E-state index contributed by atoms with van der Waals surface area (Å²) in [6.45, 7) is 6.19. The molecule has 1 amide bonds. The van der Waals surface area contributed by atoms with Crippen molar-refractivity contribution in [2.75, 3.05) is 7.05 Å². The molecule has 0 atom stereocenters. The highest BCUT2D eigenvalue weighted by Gasteiger charge is 2.25. The normalized spacial score (nSPS) is 11.4. The molecule has 1 aromatic rings. The molecule has 2 nitrogen and oxygen atoms in total. The lowest BCUT2D eigenvalue weighted by Gasteiger charge is -2.26. The van der Waals surface area contributed by atoms with E-state index in [1.165, 1.54) is 0 Å². The summed E-state index contributed by atoms with van der Waals surface area (Å²) < 4.78 is 0. The molecule has 94 valence electrons. The number of amides is 1. The molecule has 0 bridgehead atoms. The molecule has 0 aromatic heterocycles. The maximum atomic E-state index is 12.0. The highest BCUT2D eigenvalue weighted by molar-refractivity contribution is 6.35. The second kappa shape index (κ2) is 5.28. The number of benzene rings is 1. The number of hydrogen-bond acceptors (Lipinski definition) is 1. The van der Waals surface area contributed by atoms with Gasteiger partial charge in [-0.1, -0.05) is 50.0 Å². The third-order valence-electron chi connectivity index (χ3n) is 2.41. The molecular weight excluding hydrogens is 257 g/mol. The third-order valence-corrected chi connectivity index (χ3v) is 3.00. The first-order valence-electron chi connectivity index (χ1n) is 5.41. The lowest BCUT2D eigenvalue weighted by atomic mass is 9.95. The van der Waals surface area contributed by atoms with Crippen molar-refractivity contribution in [3.8, 4) is 0 Å². The van der Waals surface area contributed by atoms with Crippen LogP contribution in [0.25, 0.3) is 0 Å². The smallest absolute Gasteiger partial charge is 0.227 e. The Kier molecular flexibility index (Phi) is 4.45. The van der Waals surface area contributed by atoms with Crippen LogP contribution in [0, 0.1) is 5.41 Å². The number of halogens is 2. The van der Waals surface area contributed by atoms with Crippen LogP contribution in [-0.2, 0) is 11.3 Å². The Bertz CT molecular complexity index is 424. The van der Waals surface area contributed by atoms with Crippen LogP contribution >= 0.6 is 23.2 Å². The van der Waals surface area contributed by atoms with Crippen LogP contribution in [-0.4, -0.2) is 17.9 Å². The van der Waals surface area contributed by atoms with Gasteiger partial charge in [0, 0.05) is 29.1 Å². The monoisotopic (exact) mass is 273 g/mol. The Morgan fingerprint density at radius 2 is 1.88 bits per heavy atom. The van der Waals surface area contributed by atoms with Gasteiger partial charge in [0.05, 0.1) is 0 Å². The molecule has 1 rings (SSSR count). The van der Waals surface area contributed by atoms with Gasteiger partial charge in [-0.25, -0.2) is 0 Å². The van der Waals surface area contributed by atoms with Crippen LogP contribution in [0.1, 0.15) is 26.3 Å². The number of nitrogens with zero attached hydrogens (tertiary/aromatic N) is 1. The first-order chi connectivity index (χ1) is 7.71. The van der Waals surface area contributed by atoms with E-state index in [1.54, 1.807) is 24.1 Å². The third kappa shape index (κ3) is 3.90. The fourth-order valence-corrected chi connectivity index (χ4v) is 2.02. The maximum Gasteiger partial charge on any atom is 0.227 e. The van der Waals surface area contributed by atoms with Crippen LogP contribution in [0.3, 0.4) is 0 Å². The van der Waals surface area contributed by atoms with Gasteiger partial charge in [-0.15, -0.1) is 0 Å². The molecule has 0 fully saturated rings. The molecule has 0 radical (unpaired) electrons. The van der Waals surface area contributed by atoms with E-state index >= 15 is 0 Å². The molecule has 17 heavy (non-hydrogen) atoms. The van der Waals surface area contributed by atoms with Crippen molar-refractivity contribution in [1.82, 2.24) is 4.90 Å². The Morgan fingerprint density at radius 1 is 1.29 bits per heavy atom. The minimum atomic E-state index is -0.381. The minimum Gasteiger partial charge on any atom is -0.341 e. The second-order valence-electron chi connectivity index (χ2n) is 5.15. The van der Waals surface area contributed by atoms with Crippen LogP contribution in [0.5, 0.6) is 0 Å². The van der Waals surface area contributed by atoms with Crippen molar-refractivity contribution in [2.24, 2.45) is 5.41 Å². The SMILES string of the molecule is CN(Cc1ccc(Cl)cc1Cl)C(=O)C(C)(C)C. The summed E-state index contributed by atoms with van der Waals surface area (Å²) in [5.41, 5.74) is 0.518. The van der Waals surface area contributed by atoms with E-state index in [2.05, 4.69) is 0 Å².